The van der Waals surface area contributed by atoms with Gasteiger partial charge in [-0.2, -0.15) is 0 Å². The monoisotopic (exact) mass is 297 g/mol. The van der Waals surface area contributed by atoms with Crippen LogP contribution >= 0.6 is 0 Å². The molecule has 112 valence electrons. The van der Waals surface area contributed by atoms with Gasteiger partial charge in [0.15, 0.2) is 0 Å². The molecule has 1 atom stereocenters. The summed E-state index contributed by atoms with van der Waals surface area (Å²) in [6.45, 7) is 5.05. The summed E-state index contributed by atoms with van der Waals surface area (Å²) in [7, 11) is -3.22. The fraction of sp³-hybridized carbons (Fsp3) is 0.571. The molecule has 0 aromatic heterocycles. The van der Waals surface area contributed by atoms with Gasteiger partial charge in [-0.25, -0.2) is 8.42 Å². The second-order valence-electron chi connectivity index (χ2n) is 5.50. The van der Waals surface area contributed by atoms with Crippen LogP contribution in [0, 0.1) is 12.8 Å². The Balaban J connectivity index is 1.94. The van der Waals surface area contributed by atoms with Gasteiger partial charge in [0.2, 0.25) is 10.0 Å². The first-order valence-electron chi connectivity index (χ1n) is 6.97. The van der Waals surface area contributed by atoms with E-state index in [0.29, 0.717) is 11.6 Å². The molecule has 0 spiro atoms. The lowest BCUT2D eigenvalue weighted by Gasteiger charge is -2.23. The molecule has 1 unspecified atom stereocenters. The van der Waals surface area contributed by atoms with Crippen LogP contribution in [0.5, 0.6) is 0 Å². The molecular formula is C14H23N3O2S. The third-order valence-electron chi connectivity index (χ3n) is 3.52. The van der Waals surface area contributed by atoms with Crippen molar-refractivity contribution in [2.45, 2.75) is 19.8 Å². The molecule has 0 radical (unpaired) electrons. The molecule has 1 saturated heterocycles. The fourth-order valence-corrected chi connectivity index (χ4v) is 3.08. The number of benzene rings is 1. The summed E-state index contributed by atoms with van der Waals surface area (Å²) in [4.78, 5) is 0. The average molecular weight is 297 g/mol. The predicted octanol–water partition coefficient (Wildman–Crippen LogP) is 1.78. The lowest BCUT2D eigenvalue weighted by Crippen LogP contribution is -2.33. The molecule has 5 nitrogen and oxygen atoms in total. The summed E-state index contributed by atoms with van der Waals surface area (Å²) in [5.74, 6) is 0.665. The summed E-state index contributed by atoms with van der Waals surface area (Å²) in [6, 6.07) is 5.69. The molecular weight excluding hydrogens is 274 g/mol. The quantitative estimate of drug-likeness (QED) is 0.775. The zero-order chi connectivity index (χ0) is 14.6. The van der Waals surface area contributed by atoms with Crippen LogP contribution in [0.15, 0.2) is 18.2 Å². The Bertz CT molecular complexity index is 552. The van der Waals surface area contributed by atoms with E-state index in [2.05, 4.69) is 15.4 Å². The molecule has 1 fully saturated rings. The van der Waals surface area contributed by atoms with Crippen LogP contribution in [-0.4, -0.2) is 34.3 Å². The third-order valence-corrected chi connectivity index (χ3v) is 4.11. The molecule has 1 aliphatic rings. The number of sulfonamides is 1. The summed E-state index contributed by atoms with van der Waals surface area (Å²) in [5, 5.41) is 6.83. The van der Waals surface area contributed by atoms with E-state index in [4.69, 9.17) is 0 Å². The maximum absolute atomic E-state index is 11.2. The zero-order valence-corrected chi connectivity index (χ0v) is 12.9. The van der Waals surface area contributed by atoms with Gasteiger partial charge < -0.3 is 10.6 Å². The molecule has 1 aliphatic heterocycles. The number of aryl methyl sites for hydroxylation is 1. The van der Waals surface area contributed by atoms with Gasteiger partial charge in [-0.1, -0.05) is 0 Å². The highest BCUT2D eigenvalue weighted by Crippen LogP contribution is 2.21. The van der Waals surface area contributed by atoms with Crippen molar-refractivity contribution in [1.29, 1.82) is 0 Å². The number of anilines is 2. The summed E-state index contributed by atoms with van der Waals surface area (Å²) < 4.78 is 25.0. The number of piperidine rings is 1. The molecule has 1 aromatic rings. The topological polar surface area (TPSA) is 70.2 Å². The van der Waals surface area contributed by atoms with Crippen LogP contribution < -0.4 is 15.4 Å². The van der Waals surface area contributed by atoms with Crippen LogP contribution in [0.3, 0.4) is 0 Å². The van der Waals surface area contributed by atoms with E-state index in [1.165, 1.54) is 12.8 Å². The Morgan fingerprint density at radius 3 is 2.80 bits per heavy atom. The predicted molar refractivity (Wildman–Crippen MR) is 83.7 cm³/mol. The Morgan fingerprint density at radius 1 is 1.40 bits per heavy atom. The van der Waals surface area contributed by atoms with Crippen molar-refractivity contribution in [2.75, 3.05) is 35.9 Å². The molecule has 0 bridgehead atoms. The van der Waals surface area contributed by atoms with E-state index >= 15 is 0 Å². The second-order valence-corrected chi connectivity index (χ2v) is 7.25. The van der Waals surface area contributed by atoms with Crippen molar-refractivity contribution >= 4 is 21.4 Å². The first kappa shape index (κ1) is 15.1. The molecule has 1 aromatic carbocycles. The SMILES string of the molecule is Cc1cc(NCC2CCCNC2)ccc1NS(C)(=O)=O. The van der Waals surface area contributed by atoms with Crippen LogP contribution in [0.2, 0.25) is 0 Å². The summed E-state index contributed by atoms with van der Waals surface area (Å²) in [5.41, 5.74) is 2.59. The standard InChI is InChI=1S/C14H23N3O2S/c1-11-8-13(5-6-14(11)17-20(2,18)19)16-10-12-4-3-7-15-9-12/h5-6,8,12,15-17H,3-4,7,9-10H2,1-2H3. The van der Waals surface area contributed by atoms with Gasteiger partial charge in [0.05, 0.1) is 11.9 Å². The van der Waals surface area contributed by atoms with E-state index < -0.39 is 10.0 Å². The van der Waals surface area contributed by atoms with Gasteiger partial charge in [-0.05, 0) is 62.5 Å². The lowest BCUT2D eigenvalue weighted by molar-refractivity contribution is 0.393. The van der Waals surface area contributed by atoms with Crippen molar-refractivity contribution in [3.8, 4) is 0 Å². The second kappa shape index (κ2) is 6.45. The number of nitrogens with one attached hydrogen (secondary N) is 3. The van der Waals surface area contributed by atoms with Crippen molar-refractivity contribution in [3.05, 3.63) is 23.8 Å². The Kier molecular flexibility index (Phi) is 4.88. The molecule has 20 heavy (non-hydrogen) atoms. The average Bonchev–Trinajstić information content (AvgIpc) is 2.39. The zero-order valence-electron chi connectivity index (χ0n) is 12.1. The van der Waals surface area contributed by atoms with Gasteiger partial charge in [0.1, 0.15) is 0 Å². The summed E-state index contributed by atoms with van der Waals surface area (Å²) in [6.07, 6.45) is 3.66. The van der Waals surface area contributed by atoms with Gasteiger partial charge in [-0.3, -0.25) is 4.72 Å². The molecule has 0 aliphatic carbocycles. The highest BCUT2D eigenvalue weighted by atomic mass is 32.2. The van der Waals surface area contributed by atoms with E-state index in [9.17, 15) is 8.42 Å². The highest BCUT2D eigenvalue weighted by molar-refractivity contribution is 7.92. The number of hydrogen-bond acceptors (Lipinski definition) is 4. The molecule has 1 heterocycles. The van der Waals surface area contributed by atoms with Crippen LogP contribution in [0.25, 0.3) is 0 Å². The van der Waals surface area contributed by atoms with Gasteiger partial charge in [0, 0.05) is 12.2 Å². The van der Waals surface area contributed by atoms with Crippen molar-refractivity contribution in [1.82, 2.24) is 5.32 Å². The Hall–Kier alpha value is -1.27. The van der Waals surface area contributed by atoms with Crippen LogP contribution in [0.4, 0.5) is 11.4 Å². The minimum atomic E-state index is -3.22. The Morgan fingerprint density at radius 2 is 2.20 bits per heavy atom. The maximum atomic E-state index is 11.2. The van der Waals surface area contributed by atoms with Crippen LogP contribution in [0.1, 0.15) is 18.4 Å². The van der Waals surface area contributed by atoms with Gasteiger partial charge >= 0.3 is 0 Å². The van der Waals surface area contributed by atoms with E-state index in [0.717, 1.165) is 37.1 Å². The van der Waals surface area contributed by atoms with E-state index in [1.54, 1.807) is 6.07 Å². The first-order valence-corrected chi connectivity index (χ1v) is 8.86. The number of rotatable bonds is 5. The molecule has 6 heteroatoms. The Labute approximate surface area is 121 Å². The van der Waals surface area contributed by atoms with Gasteiger partial charge in [0.25, 0.3) is 0 Å². The minimum absolute atomic E-state index is 0.636. The van der Waals surface area contributed by atoms with Crippen molar-refractivity contribution in [3.63, 3.8) is 0 Å². The van der Waals surface area contributed by atoms with Crippen LogP contribution in [-0.2, 0) is 10.0 Å². The lowest BCUT2D eigenvalue weighted by atomic mass is 9.99. The smallest absolute Gasteiger partial charge is 0.229 e. The van der Waals surface area contributed by atoms with Gasteiger partial charge in [-0.15, -0.1) is 0 Å². The highest BCUT2D eigenvalue weighted by Gasteiger charge is 2.12. The van der Waals surface area contributed by atoms with Crippen molar-refractivity contribution in [2.24, 2.45) is 5.92 Å². The molecule has 0 saturated carbocycles. The number of hydrogen-bond donors (Lipinski definition) is 3. The molecule has 2 rings (SSSR count). The molecule has 0 amide bonds. The largest absolute Gasteiger partial charge is 0.385 e. The minimum Gasteiger partial charge on any atom is -0.385 e. The van der Waals surface area contributed by atoms with Crippen molar-refractivity contribution < 1.29 is 8.42 Å². The first-order chi connectivity index (χ1) is 9.44. The molecule has 3 N–H and O–H groups in total. The summed E-state index contributed by atoms with van der Waals surface area (Å²) >= 11 is 0. The maximum Gasteiger partial charge on any atom is 0.229 e. The van der Waals surface area contributed by atoms with E-state index in [1.807, 2.05) is 19.1 Å². The fourth-order valence-electron chi connectivity index (χ4n) is 2.45. The van der Waals surface area contributed by atoms with E-state index in [-0.39, 0.29) is 0 Å². The third kappa shape index (κ3) is 4.68. The normalized spacial score (nSPS) is 19.6.